The van der Waals surface area contributed by atoms with E-state index in [-0.39, 0.29) is 5.91 Å². The number of fused-ring (bicyclic) bond motifs is 1. The van der Waals surface area contributed by atoms with E-state index in [0.717, 1.165) is 48.5 Å². The largest absolute Gasteiger partial charge is 0.367 e. The number of hydrogen-bond acceptors (Lipinski definition) is 6. The number of amides is 1. The fraction of sp³-hybridized carbons (Fsp3) is 0.227. The SMILES string of the molecule is CN1CCN(c2ccccc2NC(=O)c2csc(-n3ncc4ccccc43)n2)CC1. The molecular weight excluding hydrogens is 396 g/mol. The first-order valence-electron chi connectivity index (χ1n) is 9.91. The second-order valence-corrected chi connectivity index (χ2v) is 8.23. The van der Waals surface area contributed by atoms with Crippen molar-refractivity contribution in [3.05, 3.63) is 65.8 Å². The molecule has 1 aliphatic rings. The van der Waals surface area contributed by atoms with E-state index >= 15 is 0 Å². The van der Waals surface area contributed by atoms with Gasteiger partial charge in [0.2, 0.25) is 5.13 Å². The number of nitrogens with zero attached hydrogens (tertiary/aromatic N) is 5. The van der Waals surface area contributed by atoms with Crippen LogP contribution in [0.4, 0.5) is 11.4 Å². The molecule has 0 saturated carbocycles. The molecular formula is C22H22N6OS. The first kappa shape index (κ1) is 18.8. The van der Waals surface area contributed by atoms with Gasteiger partial charge in [0.1, 0.15) is 5.69 Å². The lowest BCUT2D eigenvalue weighted by Crippen LogP contribution is -2.44. The number of carbonyl (C=O) groups is 1. The Morgan fingerprint density at radius 3 is 2.67 bits per heavy atom. The average molecular weight is 419 g/mol. The number of nitrogens with one attached hydrogen (secondary N) is 1. The van der Waals surface area contributed by atoms with Crippen molar-refractivity contribution in [2.75, 3.05) is 43.4 Å². The topological polar surface area (TPSA) is 66.3 Å². The van der Waals surface area contributed by atoms with Gasteiger partial charge in [-0.1, -0.05) is 30.3 Å². The molecule has 1 amide bonds. The van der Waals surface area contributed by atoms with Crippen molar-refractivity contribution < 1.29 is 4.79 Å². The summed E-state index contributed by atoms with van der Waals surface area (Å²) in [5.41, 5.74) is 3.22. The smallest absolute Gasteiger partial charge is 0.275 e. The molecule has 4 aromatic rings. The Bertz CT molecular complexity index is 1190. The second-order valence-electron chi connectivity index (χ2n) is 7.39. The fourth-order valence-electron chi connectivity index (χ4n) is 3.68. The van der Waals surface area contributed by atoms with Gasteiger partial charge < -0.3 is 15.1 Å². The van der Waals surface area contributed by atoms with Gasteiger partial charge in [-0.3, -0.25) is 4.79 Å². The lowest BCUT2D eigenvalue weighted by Gasteiger charge is -2.35. The highest BCUT2D eigenvalue weighted by atomic mass is 32.1. The normalized spacial score (nSPS) is 14.9. The molecule has 5 rings (SSSR count). The number of carbonyl (C=O) groups excluding carboxylic acids is 1. The molecule has 1 aliphatic heterocycles. The van der Waals surface area contributed by atoms with Gasteiger partial charge in [-0.15, -0.1) is 11.3 Å². The van der Waals surface area contributed by atoms with Crippen LogP contribution in [0.25, 0.3) is 16.0 Å². The molecule has 8 heteroatoms. The van der Waals surface area contributed by atoms with Crippen LogP contribution >= 0.6 is 11.3 Å². The Morgan fingerprint density at radius 2 is 1.80 bits per heavy atom. The van der Waals surface area contributed by atoms with E-state index in [1.54, 1.807) is 10.1 Å². The summed E-state index contributed by atoms with van der Waals surface area (Å²) in [6.45, 7) is 3.90. The van der Waals surface area contributed by atoms with Crippen LogP contribution in [0.3, 0.4) is 0 Å². The fourth-order valence-corrected chi connectivity index (χ4v) is 4.45. The number of piperazine rings is 1. The third-order valence-electron chi connectivity index (χ3n) is 5.38. The molecule has 2 aromatic heterocycles. The zero-order valence-electron chi connectivity index (χ0n) is 16.7. The first-order chi connectivity index (χ1) is 14.7. The summed E-state index contributed by atoms with van der Waals surface area (Å²) >= 11 is 1.41. The van der Waals surface area contributed by atoms with Crippen LogP contribution in [0, 0.1) is 0 Å². The summed E-state index contributed by atoms with van der Waals surface area (Å²) in [6.07, 6.45) is 1.81. The third kappa shape index (κ3) is 3.55. The van der Waals surface area contributed by atoms with Crippen LogP contribution in [-0.4, -0.2) is 58.8 Å². The summed E-state index contributed by atoms with van der Waals surface area (Å²) in [5, 5.41) is 11.0. The Balaban J connectivity index is 1.37. The quantitative estimate of drug-likeness (QED) is 0.550. The van der Waals surface area contributed by atoms with Crippen molar-refractivity contribution in [1.29, 1.82) is 0 Å². The molecule has 0 atom stereocenters. The van der Waals surface area contributed by atoms with Gasteiger partial charge in [0.05, 0.1) is 23.1 Å². The maximum Gasteiger partial charge on any atom is 0.275 e. The number of rotatable bonds is 4. The molecule has 0 aliphatic carbocycles. The van der Waals surface area contributed by atoms with Crippen LogP contribution in [-0.2, 0) is 0 Å². The molecule has 1 fully saturated rings. The maximum absolute atomic E-state index is 12.9. The van der Waals surface area contributed by atoms with Crippen LogP contribution < -0.4 is 10.2 Å². The van der Waals surface area contributed by atoms with Crippen LogP contribution in [0.2, 0.25) is 0 Å². The summed E-state index contributed by atoms with van der Waals surface area (Å²) in [5.74, 6) is -0.212. The third-order valence-corrected chi connectivity index (χ3v) is 6.20. The Morgan fingerprint density at radius 1 is 1.03 bits per heavy atom. The molecule has 1 saturated heterocycles. The maximum atomic E-state index is 12.9. The van der Waals surface area contributed by atoms with Crippen molar-refractivity contribution in [3.63, 3.8) is 0 Å². The summed E-state index contributed by atoms with van der Waals surface area (Å²) in [7, 11) is 2.13. The molecule has 3 heterocycles. The first-order valence-corrected chi connectivity index (χ1v) is 10.8. The average Bonchev–Trinajstić information content (AvgIpc) is 3.42. The molecule has 0 bridgehead atoms. The molecule has 152 valence electrons. The van der Waals surface area contributed by atoms with Crippen molar-refractivity contribution in [2.45, 2.75) is 0 Å². The highest BCUT2D eigenvalue weighted by Crippen LogP contribution is 2.27. The highest BCUT2D eigenvalue weighted by molar-refractivity contribution is 7.12. The van der Waals surface area contributed by atoms with Gasteiger partial charge in [0.15, 0.2) is 0 Å². The Hall–Kier alpha value is -3.23. The van der Waals surface area contributed by atoms with E-state index in [9.17, 15) is 4.79 Å². The summed E-state index contributed by atoms with van der Waals surface area (Å²) < 4.78 is 1.77. The molecule has 7 nitrogen and oxygen atoms in total. The summed E-state index contributed by atoms with van der Waals surface area (Å²) in [6, 6.07) is 15.9. The van der Waals surface area contributed by atoms with Crippen molar-refractivity contribution >= 4 is 39.5 Å². The molecule has 0 spiro atoms. The van der Waals surface area contributed by atoms with Crippen LogP contribution in [0.5, 0.6) is 0 Å². The molecule has 2 aromatic carbocycles. The standard InChI is InChI=1S/C22H22N6OS/c1-26-10-12-27(13-11-26)20-9-5-3-7-17(20)24-21(29)18-15-30-22(25-18)28-19-8-4-2-6-16(19)14-23-28/h2-9,14-15H,10-13H2,1H3,(H,24,29). The van der Waals surface area contributed by atoms with Crippen LogP contribution in [0.15, 0.2) is 60.1 Å². The highest BCUT2D eigenvalue weighted by Gasteiger charge is 2.19. The van der Waals surface area contributed by atoms with E-state index in [1.807, 2.05) is 48.7 Å². The van der Waals surface area contributed by atoms with Gasteiger partial charge in [-0.05, 0) is 25.2 Å². The minimum absolute atomic E-state index is 0.212. The summed E-state index contributed by atoms with van der Waals surface area (Å²) in [4.78, 5) is 22.1. The predicted molar refractivity (Wildman–Crippen MR) is 121 cm³/mol. The minimum Gasteiger partial charge on any atom is -0.367 e. The van der Waals surface area contributed by atoms with E-state index in [2.05, 4.69) is 38.3 Å². The Kier molecular flexibility index (Phi) is 4.94. The van der Waals surface area contributed by atoms with E-state index in [1.165, 1.54) is 11.3 Å². The molecule has 30 heavy (non-hydrogen) atoms. The lowest BCUT2D eigenvalue weighted by molar-refractivity contribution is 0.102. The van der Waals surface area contributed by atoms with Gasteiger partial charge in [-0.25, -0.2) is 9.67 Å². The predicted octanol–water partition coefficient (Wildman–Crippen LogP) is 3.49. The number of hydrogen-bond donors (Lipinski definition) is 1. The number of aromatic nitrogens is 3. The number of anilines is 2. The van der Waals surface area contributed by atoms with Gasteiger partial charge in [-0.2, -0.15) is 5.10 Å². The number of benzene rings is 2. The zero-order valence-corrected chi connectivity index (χ0v) is 17.5. The molecule has 0 unspecified atom stereocenters. The lowest BCUT2D eigenvalue weighted by atomic mass is 10.2. The molecule has 1 N–H and O–H groups in total. The second kappa shape index (κ2) is 7.89. The van der Waals surface area contributed by atoms with Crippen LogP contribution in [0.1, 0.15) is 10.5 Å². The van der Waals surface area contributed by atoms with Gasteiger partial charge in [0.25, 0.3) is 5.91 Å². The van der Waals surface area contributed by atoms with E-state index in [4.69, 9.17) is 0 Å². The van der Waals surface area contributed by atoms with E-state index in [0.29, 0.717) is 10.8 Å². The number of para-hydroxylation sites is 3. The van der Waals surface area contributed by atoms with E-state index < -0.39 is 0 Å². The monoisotopic (exact) mass is 418 g/mol. The molecule has 0 radical (unpaired) electrons. The zero-order chi connectivity index (χ0) is 20.5. The minimum atomic E-state index is -0.212. The van der Waals surface area contributed by atoms with Gasteiger partial charge >= 0.3 is 0 Å². The van der Waals surface area contributed by atoms with Crippen molar-refractivity contribution in [2.24, 2.45) is 0 Å². The van der Waals surface area contributed by atoms with Crippen molar-refractivity contribution in [1.82, 2.24) is 19.7 Å². The Labute approximate surface area is 178 Å². The number of likely N-dealkylation sites (N-methyl/N-ethyl adjacent to an activating group) is 1. The number of thiazole rings is 1. The van der Waals surface area contributed by atoms with Gasteiger partial charge in [0, 0.05) is 36.9 Å². The van der Waals surface area contributed by atoms with Crippen molar-refractivity contribution in [3.8, 4) is 5.13 Å².